The van der Waals surface area contributed by atoms with E-state index >= 15 is 0 Å². The molecule has 0 bridgehead atoms. The molecule has 0 spiro atoms. The van der Waals surface area contributed by atoms with Crippen molar-refractivity contribution in [3.63, 3.8) is 0 Å². The van der Waals surface area contributed by atoms with Crippen LogP contribution in [0.3, 0.4) is 0 Å². The lowest BCUT2D eigenvalue weighted by Gasteiger charge is -2.34. The molecule has 0 fully saturated rings. The highest BCUT2D eigenvalue weighted by atomic mass is 32.2. The molecule has 0 aliphatic rings. The first-order valence-corrected chi connectivity index (χ1v) is 15.0. The van der Waals surface area contributed by atoms with E-state index in [-0.39, 0.29) is 12.5 Å². The van der Waals surface area contributed by atoms with Crippen molar-refractivity contribution >= 4 is 27.7 Å². The summed E-state index contributed by atoms with van der Waals surface area (Å²) in [4.78, 5) is 29.4. The molecule has 8 nitrogen and oxygen atoms in total. The predicted octanol–water partition coefficient (Wildman–Crippen LogP) is 4.16. The van der Waals surface area contributed by atoms with Crippen molar-refractivity contribution in [3.8, 4) is 0 Å². The number of amides is 2. The zero-order chi connectivity index (χ0) is 29.1. The number of rotatable bonds is 14. The molecular weight excluding hydrogens is 524 g/mol. The summed E-state index contributed by atoms with van der Waals surface area (Å²) in [7, 11) is -1.14. The fraction of sp³-hybridized carbons (Fsp3) is 0.355. The van der Waals surface area contributed by atoms with Gasteiger partial charge < -0.3 is 10.2 Å². The largest absolute Gasteiger partial charge is 0.354 e. The minimum absolute atomic E-state index is 0.162. The summed E-state index contributed by atoms with van der Waals surface area (Å²) in [6.07, 6.45) is 2.03. The van der Waals surface area contributed by atoms with Crippen LogP contribution in [0.2, 0.25) is 0 Å². The average molecular weight is 565 g/mol. The van der Waals surface area contributed by atoms with Gasteiger partial charge in [-0.2, -0.15) is 12.7 Å². The lowest BCUT2D eigenvalue weighted by Crippen LogP contribution is -2.54. The van der Waals surface area contributed by atoms with Gasteiger partial charge in [0.15, 0.2) is 0 Å². The lowest BCUT2D eigenvalue weighted by atomic mass is 10.0. The lowest BCUT2D eigenvalue weighted by molar-refractivity contribution is -0.140. The molecule has 1 N–H and O–H groups in total. The van der Waals surface area contributed by atoms with Gasteiger partial charge in [-0.3, -0.25) is 9.59 Å². The van der Waals surface area contributed by atoms with E-state index in [2.05, 4.69) is 5.32 Å². The molecule has 0 aliphatic carbocycles. The summed E-state index contributed by atoms with van der Waals surface area (Å²) in [5.74, 6) is -0.731. The van der Waals surface area contributed by atoms with Gasteiger partial charge in [-0.05, 0) is 42.2 Å². The van der Waals surface area contributed by atoms with Crippen LogP contribution in [-0.2, 0) is 32.8 Å². The van der Waals surface area contributed by atoms with E-state index in [1.807, 2.05) is 68.4 Å². The van der Waals surface area contributed by atoms with Crippen LogP contribution >= 0.6 is 0 Å². The molecular formula is C31H40N4O4S. The van der Waals surface area contributed by atoms with E-state index in [9.17, 15) is 18.0 Å². The fourth-order valence-electron chi connectivity index (χ4n) is 4.34. The Morgan fingerprint density at radius 3 is 2.08 bits per heavy atom. The Morgan fingerprint density at radius 1 is 0.875 bits per heavy atom. The Hall–Kier alpha value is -3.69. The average Bonchev–Trinajstić information content (AvgIpc) is 2.95. The smallest absolute Gasteiger partial charge is 0.304 e. The first-order chi connectivity index (χ1) is 19.1. The quantitative estimate of drug-likeness (QED) is 0.298. The molecule has 2 amide bonds. The van der Waals surface area contributed by atoms with E-state index in [1.54, 1.807) is 30.3 Å². The van der Waals surface area contributed by atoms with Gasteiger partial charge in [0.1, 0.15) is 12.6 Å². The molecule has 9 heteroatoms. The van der Waals surface area contributed by atoms with Crippen molar-refractivity contribution in [2.75, 3.05) is 31.5 Å². The van der Waals surface area contributed by atoms with Crippen molar-refractivity contribution in [3.05, 3.63) is 102 Å². The number of aryl methyl sites for hydroxylation is 1. The van der Waals surface area contributed by atoms with Crippen molar-refractivity contribution < 1.29 is 18.0 Å². The third-order valence-electron chi connectivity index (χ3n) is 6.77. The number of benzene rings is 3. The fourth-order valence-corrected chi connectivity index (χ4v) is 5.40. The number of hydrogen-bond acceptors (Lipinski definition) is 4. The zero-order valence-electron chi connectivity index (χ0n) is 23.8. The second-order valence-electron chi connectivity index (χ2n) is 9.93. The number of unbranched alkanes of at least 4 members (excludes halogenated alkanes) is 1. The van der Waals surface area contributed by atoms with E-state index < -0.39 is 28.7 Å². The van der Waals surface area contributed by atoms with E-state index in [1.165, 1.54) is 19.0 Å². The molecule has 0 aromatic heterocycles. The maximum atomic E-state index is 14.2. The SMILES string of the molecule is CCCCNC(=O)C(Cc1ccccc1)N(Cc1ccccc1C)C(=O)CN(c1ccccc1)S(=O)(=O)N(C)C. The molecule has 40 heavy (non-hydrogen) atoms. The van der Waals surface area contributed by atoms with Crippen molar-refractivity contribution in [2.45, 2.75) is 45.7 Å². The molecule has 1 unspecified atom stereocenters. The highest BCUT2D eigenvalue weighted by Crippen LogP contribution is 2.22. The van der Waals surface area contributed by atoms with Gasteiger partial charge in [0.05, 0.1) is 5.69 Å². The van der Waals surface area contributed by atoms with Crippen LogP contribution in [-0.4, -0.2) is 62.7 Å². The number of hydrogen-bond donors (Lipinski definition) is 1. The van der Waals surface area contributed by atoms with Gasteiger partial charge >= 0.3 is 10.2 Å². The highest BCUT2D eigenvalue weighted by Gasteiger charge is 2.34. The van der Waals surface area contributed by atoms with Crippen molar-refractivity contribution in [1.29, 1.82) is 0 Å². The Morgan fingerprint density at radius 2 is 1.48 bits per heavy atom. The number of anilines is 1. The van der Waals surface area contributed by atoms with Crippen LogP contribution in [0.5, 0.6) is 0 Å². The maximum Gasteiger partial charge on any atom is 0.304 e. The summed E-state index contributed by atoms with van der Waals surface area (Å²) in [5.41, 5.74) is 3.14. The van der Waals surface area contributed by atoms with Gasteiger partial charge in [-0.25, -0.2) is 4.31 Å². The number of carbonyl (C=O) groups excluding carboxylic acids is 2. The van der Waals surface area contributed by atoms with E-state index in [0.717, 1.165) is 38.1 Å². The normalized spacial score (nSPS) is 12.1. The monoisotopic (exact) mass is 564 g/mol. The Bertz CT molecular complexity index is 1350. The number of carbonyl (C=O) groups is 2. The van der Waals surface area contributed by atoms with Crippen LogP contribution < -0.4 is 9.62 Å². The van der Waals surface area contributed by atoms with Crippen molar-refractivity contribution in [1.82, 2.24) is 14.5 Å². The molecule has 214 valence electrons. The van der Waals surface area contributed by atoms with Gasteiger partial charge in [0.25, 0.3) is 0 Å². The van der Waals surface area contributed by atoms with Crippen LogP contribution in [0, 0.1) is 6.92 Å². The minimum atomic E-state index is -4.01. The van der Waals surface area contributed by atoms with Crippen LogP contribution in [0.15, 0.2) is 84.9 Å². The molecule has 0 aliphatic heterocycles. The summed E-state index contributed by atoms with van der Waals surface area (Å²) in [6.45, 7) is 4.21. The molecule has 3 rings (SSSR count). The summed E-state index contributed by atoms with van der Waals surface area (Å²) >= 11 is 0. The highest BCUT2D eigenvalue weighted by molar-refractivity contribution is 7.90. The predicted molar refractivity (Wildman–Crippen MR) is 160 cm³/mol. The standard InChI is InChI=1S/C31H40N4O4S/c1-5-6-21-32-31(37)29(22-26-16-9-7-10-17-26)34(23-27-18-14-13-15-25(27)2)30(36)24-35(40(38,39)33(3)4)28-19-11-8-12-20-28/h7-20,29H,5-6,21-24H2,1-4H3,(H,32,37). The van der Waals surface area contributed by atoms with Crippen LogP contribution in [0.1, 0.15) is 36.5 Å². The number of nitrogens with zero attached hydrogens (tertiary/aromatic N) is 3. The molecule has 1 atom stereocenters. The van der Waals surface area contributed by atoms with Gasteiger partial charge in [0, 0.05) is 33.6 Å². The van der Waals surface area contributed by atoms with E-state index in [4.69, 9.17) is 0 Å². The second kappa shape index (κ2) is 14.6. The summed E-state index contributed by atoms with van der Waals surface area (Å²) in [6, 6.07) is 24.9. The summed E-state index contributed by atoms with van der Waals surface area (Å²) in [5, 5.41) is 3.00. The minimum Gasteiger partial charge on any atom is -0.354 e. The topological polar surface area (TPSA) is 90.0 Å². The van der Waals surface area contributed by atoms with Crippen LogP contribution in [0.4, 0.5) is 5.69 Å². The maximum absolute atomic E-state index is 14.2. The molecule has 0 heterocycles. The van der Waals surface area contributed by atoms with Gasteiger partial charge in [-0.15, -0.1) is 0 Å². The molecule has 0 saturated heterocycles. The number of para-hydroxylation sites is 1. The Labute approximate surface area is 238 Å². The molecule has 0 radical (unpaired) electrons. The third-order valence-corrected chi connectivity index (χ3v) is 8.59. The Kier molecular flexibility index (Phi) is 11.3. The second-order valence-corrected chi connectivity index (χ2v) is 12.0. The molecule has 3 aromatic carbocycles. The van der Waals surface area contributed by atoms with Crippen LogP contribution in [0.25, 0.3) is 0 Å². The summed E-state index contributed by atoms with van der Waals surface area (Å²) < 4.78 is 28.9. The van der Waals surface area contributed by atoms with Gasteiger partial charge in [-0.1, -0.05) is 86.1 Å². The van der Waals surface area contributed by atoms with Gasteiger partial charge in [0.2, 0.25) is 11.8 Å². The Balaban J connectivity index is 2.06. The zero-order valence-corrected chi connectivity index (χ0v) is 24.6. The van der Waals surface area contributed by atoms with Crippen molar-refractivity contribution in [2.24, 2.45) is 0 Å². The first kappa shape index (κ1) is 30.8. The molecule has 0 saturated carbocycles. The number of nitrogens with one attached hydrogen (secondary N) is 1. The molecule has 3 aromatic rings. The first-order valence-electron chi connectivity index (χ1n) is 13.6. The third kappa shape index (κ3) is 8.16. The van der Waals surface area contributed by atoms with E-state index in [0.29, 0.717) is 18.7 Å².